The lowest BCUT2D eigenvalue weighted by Crippen LogP contribution is -2.27. The molecule has 0 saturated carbocycles. The summed E-state index contributed by atoms with van der Waals surface area (Å²) in [5, 5.41) is 0. The Hall–Kier alpha value is -2.25. The Balaban J connectivity index is 1.79. The summed E-state index contributed by atoms with van der Waals surface area (Å²) in [5.74, 6) is 0.0557. The van der Waals surface area contributed by atoms with Gasteiger partial charge in [0, 0.05) is 37.6 Å². The van der Waals surface area contributed by atoms with Crippen LogP contribution in [0.1, 0.15) is 24.5 Å². The molecule has 0 spiro atoms. The van der Waals surface area contributed by atoms with Crippen molar-refractivity contribution in [3.63, 3.8) is 0 Å². The third kappa shape index (κ3) is 3.32. The molecule has 0 radical (unpaired) electrons. The predicted octanol–water partition coefficient (Wildman–Crippen LogP) is 1.86. The van der Waals surface area contributed by atoms with Crippen LogP contribution in [0.4, 0.5) is 5.69 Å². The molecule has 2 heterocycles. The summed E-state index contributed by atoms with van der Waals surface area (Å²) < 4.78 is 27.5. The number of fused-ring (bicyclic) bond motifs is 1. The number of carbonyl (C=O) groups excluding carboxylic acids is 1. The average molecular weight is 345 g/mol. The molecule has 1 N–H and O–H groups in total. The predicted molar refractivity (Wildman–Crippen MR) is 91.1 cm³/mol. The Morgan fingerprint density at radius 3 is 2.71 bits per heavy atom. The normalized spacial score (nSPS) is 13.8. The Labute approximate surface area is 141 Å². The third-order valence-electron chi connectivity index (χ3n) is 4.08. The largest absolute Gasteiger partial charge is 0.312 e. The van der Waals surface area contributed by atoms with E-state index in [1.807, 2.05) is 6.92 Å². The zero-order valence-electron chi connectivity index (χ0n) is 13.4. The van der Waals surface area contributed by atoms with Crippen LogP contribution in [0.3, 0.4) is 0 Å². The molecule has 3 rings (SSSR count). The van der Waals surface area contributed by atoms with Crippen molar-refractivity contribution in [1.29, 1.82) is 0 Å². The molecule has 24 heavy (non-hydrogen) atoms. The number of anilines is 1. The van der Waals surface area contributed by atoms with Crippen molar-refractivity contribution in [3.05, 3.63) is 53.9 Å². The molecule has 0 saturated heterocycles. The summed E-state index contributed by atoms with van der Waals surface area (Å²) in [4.78, 5) is 17.8. The molecular weight excluding hydrogens is 326 g/mol. The molecule has 0 aliphatic carbocycles. The molecule has 0 fully saturated rings. The highest BCUT2D eigenvalue weighted by Crippen LogP contribution is 2.30. The van der Waals surface area contributed by atoms with Crippen LogP contribution in [0.25, 0.3) is 0 Å². The van der Waals surface area contributed by atoms with Crippen molar-refractivity contribution >= 4 is 21.6 Å². The molecule has 2 aromatic rings. The number of hydrogen-bond donors (Lipinski definition) is 1. The van der Waals surface area contributed by atoms with Crippen LogP contribution in [0.5, 0.6) is 0 Å². The zero-order valence-corrected chi connectivity index (χ0v) is 14.2. The molecule has 1 aliphatic rings. The van der Waals surface area contributed by atoms with Crippen LogP contribution in [0.15, 0.2) is 47.6 Å². The number of nitrogens with one attached hydrogen (secondary N) is 1. The number of sulfonamides is 1. The van der Waals surface area contributed by atoms with Gasteiger partial charge in [-0.3, -0.25) is 9.78 Å². The number of carbonyl (C=O) groups is 1. The summed E-state index contributed by atoms with van der Waals surface area (Å²) in [7, 11) is -3.60. The van der Waals surface area contributed by atoms with Crippen LogP contribution in [0.2, 0.25) is 0 Å². The van der Waals surface area contributed by atoms with Crippen molar-refractivity contribution in [3.8, 4) is 0 Å². The number of pyridine rings is 1. The fourth-order valence-corrected chi connectivity index (χ4v) is 3.83. The standard InChI is InChI=1S/C17H19N3O3S/c1-2-17(21)20-10-7-14-11-15(3-4-16(14)20)24(22,23)19-12-13-5-8-18-9-6-13/h3-6,8-9,11,19H,2,7,10,12H2,1H3. The number of rotatable bonds is 5. The van der Waals surface area contributed by atoms with Gasteiger partial charge in [0.15, 0.2) is 0 Å². The second-order valence-electron chi connectivity index (χ2n) is 5.62. The van der Waals surface area contributed by atoms with Crippen molar-refractivity contribution in [2.45, 2.75) is 31.2 Å². The van der Waals surface area contributed by atoms with E-state index in [1.54, 1.807) is 47.6 Å². The van der Waals surface area contributed by atoms with Gasteiger partial charge in [-0.25, -0.2) is 13.1 Å². The van der Waals surface area contributed by atoms with Crippen molar-refractivity contribution < 1.29 is 13.2 Å². The van der Waals surface area contributed by atoms with Gasteiger partial charge >= 0.3 is 0 Å². The topological polar surface area (TPSA) is 79.4 Å². The van der Waals surface area contributed by atoms with Gasteiger partial charge < -0.3 is 4.90 Å². The lowest BCUT2D eigenvalue weighted by molar-refractivity contribution is -0.118. The minimum Gasteiger partial charge on any atom is -0.312 e. The summed E-state index contributed by atoms with van der Waals surface area (Å²) in [6.45, 7) is 2.64. The van der Waals surface area contributed by atoms with Gasteiger partial charge in [0.05, 0.1) is 4.90 Å². The maximum absolute atomic E-state index is 12.5. The first-order valence-corrected chi connectivity index (χ1v) is 9.31. The smallest absolute Gasteiger partial charge is 0.240 e. The second kappa shape index (κ2) is 6.70. The van der Waals surface area contributed by atoms with E-state index in [1.165, 1.54) is 0 Å². The van der Waals surface area contributed by atoms with Gasteiger partial charge in [0.1, 0.15) is 0 Å². The van der Waals surface area contributed by atoms with Gasteiger partial charge in [-0.15, -0.1) is 0 Å². The van der Waals surface area contributed by atoms with E-state index in [9.17, 15) is 13.2 Å². The van der Waals surface area contributed by atoms with E-state index in [-0.39, 0.29) is 17.3 Å². The highest BCUT2D eigenvalue weighted by atomic mass is 32.2. The van der Waals surface area contributed by atoms with Crippen molar-refractivity contribution in [1.82, 2.24) is 9.71 Å². The summed E-state index contributed by atoms with van der Waals surface area (Å²) in [5.41, 5.74) is 2.55. The van der Waals surface area contributed by atoms with E-state index >= 15 is 0 Å². The molecule has 7 heteroatoms. The third-order valence-corrected chi connectivity index (χ3v) is 5.47. The summed E-state index contributed by atoms with van der Waals surface area (Å²) in [6.07, 6.45) is 4.36. The first-order valence-electron chi connectivity index (χ1n) is 7.83. The molecule has 1 aliphatic heterocycles. The van der Waals surface area contributed by atoms with Gasteiger partial charge in [0.25, 0.3) is 0 Å². The van der Waals surface area contributed by atoms with Crippen molar-refractivity contribution in [2.24, 2.45) is 0 Å². The van der Waals surface area contributed by atoms with E-state index in [0.29, 0.717) is 19.4 Å². The van der Waals surface area contributed by atoms with Crippen molar-refractivity contribution in [2.75, 3.05) is 11.4 Å². The molecule has 1 aromatic heterocycles. The Morgan fingerprint density at radius 1 is 1.25 bits per heavy atom. The first kappa shape index (κ1) is 16.6. The molecule has 6 nitrogen and oxygen atoms in total. The van der Waals surface area contributed by atoms with Gasteiger partial charge in [-0.2, -0.15) is 0 Å². The molecule has 1 amide bonds. The number of nitrogens with zero attached hydrogens (tertiary/aromatic N) is 2. The van der Waals surface area contributed by atoms with Crippen LogP contribution in [0, 0.1) is 0 Å². The zero-order chi connectivity index (χ0) is 17.2. The van der Waals surface area contributed by atoms with E-state index in [2.05, 4.69) is 9.71 Å². The quantitative estimate of drug-likeness (QED) is 0.897. The highest BCUT2D eigenvalue weighted by Gasteiger charge is 2.25. The lowest BCUT2D eigenvalue weighted by Gasteiger charge is -2.16. The minimum absolute atomic E-state index is 0.0557. The highest BCUT2D eigenvalue weighted by molar-refractivity contribution is 7.89. The summed E-state index contributed by atoms with van der Waals surface area (Å²) >= 11 is 0. The molecule has 0 atom stereocenters. The Kier molecular flexibility index (Phi) is 4.64. The fraction of sp³-hybridized carbons (Fsp3) is 0.294. The fourth-order valence-electron chi connectivity index (χ4n) is 2.76. The first-order chi connectivity index (χ1) is 11.5. The Bertz CT molecular complexity index is 851. The van der Waals surface area contributed by atoms with Gasteiger partial charge in [-0.1, -0.05) is 6.92 Å². The Morgan fingerprint density at radius 2 is 2.00 bits per heavy atom. The van der Waals surface area contributed by atoms with E-state index in [4.69, 9.17) is 0 Å². The summed E-state index contributed by atoms with van der Waals surface area (Å²) in [6, 6.07) is 8.46. The van der Waals surface area contributed by atoms with Gasteiger partial charge in [0.2, 0.25) is 15.9 Å². The number of amides is 1. The maximum Gasteiger partial charge on any atom is 0.240 e. The average Bonchev–Trinajstić information content (AvgIpc) is 3.03. The second-order valence-corrected chi connectivity index (χ2v) is 7.39. The molecule has 0 bridgehead atoms. The lowest BCUT2D eigenvalue weighted by atomic mass is 10.2. The van der Waals surface area contributed by atoms with Gasteiger partial charge in [-0.05, 0) is 47.9 Å². The SMILES string of the molecule is CCC(=O)N1CCc2cc(S(=O)(=O)NCc3ccncc3)ccc21. The number of benzene rings is 1. The number of hydrogen-bond acceptors (Lipinski definition) is 4. The van der Waals surface area contributed by atoms with Crippen LogP contribution in [-0.2, 0) is 27.8 Å². The maximum atomic E-state index is 12.5. The molecule has 126 valence electrons. The molecule has 0 unspecified atom stereocenters. The van der Waals surface area contributed by atoms with Crippen LogP contribution in [-0.4, -0.2) is 25.9 Å². The van der Waals surface area contributed by atoms with Crippen LogP contribution >= 0.6 is 0 Å². The monoisotopic (exact) mass is 345 g/mol. The molecular formula is C17H19N3O3S. The van der Waals surface area contributed by atoms with Crippen LogP contribution < -0.4 is 9.62 Å². The van der Waals surface area contributed by atoms with E-state index < -0.39 is 10.0 Å². The van der Waals surface area contributed by atoms with E-state index in [0.717, 1.165) is 16.8 Å². The number of aromatic nitrogens is 1. The minimum atomic E-state index is -3.60. The molecule has 1 aromatic carbocycles.